The molecular weight excluding hydrogens is 311 g/mol. The van der Waals surface area contributed by atoms with Gasteiger partial charge in [-0.3, -0.25) is 4.79 Å². The minimum Gasteiger partial charge on any atom is -0.490 e. The smallest absolute Gasteiger partial charge is 0.222 e. The zero-order chi connectivity index (χ0) is 16.9. The third-order valence-electron chi connectivity index (χ3n) is 4.72. The van der Waals surface area contributed by atoms with Gasteiger partial charge in [-0.1, -0.05) is 0 Å². The minimum atomic E-state index is -0.499. The second kappa shape index (κ2) is 7.94. The summed E-state index contributed by atoms with van der Waals surface area (Å²) in [5, 5.41) is 10.2. The molecule has 5 nitrogen and oxygen atoms in total. The lowest BCUT2D eigenvalue weighted by atomic mass is 10.1. The van der Waals surface area contributed by atoms with Crippen LogP contribution in [0.1, 0.15) is 25.7 Å². The number of piperidine rings is 1. The fraction of sp³-hybridized carbons (Fsp3) is 0.611. The zero-order valence-corrected chi connectivity index (χ0v) is 13.9. The molecule has 1 amide bonds. The molecule has 132 valence electrons. The Morgan fingerprint density at radius 2 is 1.88 bits per heavy atom. The van der Waals surface area contributed by atoms with Gasteiger partial charge >= 0.3 is 0 Å². The number of amides is 1. The van der Waals surface area contributed by atoms with Crippen LogP contribution < -0.4 is 4.74 Å². The van der Waals surface area contributed by atoms with Gasteiger partial charge in [0.1, 0.15) is 17.7 Å². The molecule has 2 fully saturated rings. The first kappa shape index (κ1) is 17.2. The van der Waals surface area contributed by atoms with Crippen LogP contribution in [0.25, 0.3) is 0 Å². The number of aliphatic hydroxyl groups excluding tert-OH is 1. The van der Waals surface area contributed by atoms with E-state index in [-0.39, 0.29) is 17.8 Å². The Labute approximate surface area is 142 Å². The number of halogens is 1. The highest BCUT2D eigenvalue weighted by Crippen LogP contribution is 2.20. The Balaban J connectivity index is 1.38. The molecule has 1 N–H and O–H groups in total. The van der Waals surface area contributed by atoms with Gasteiger partial charge in [-0.05, 0) is 43.5 Å². The van der Waals surface area contributed by atoms with E-state index in [0.717, 1.165) is 38.9 Å². The highest BCUT2D eigenvalue weighted by atomic mass is 19.1. The Hall–Kier alpha value is -1.66. The van der Waals surface area contributed by atoms with Gasteiger partial charge in [0.05, 0.1) is 6.10 Å². The molecule has 1 atom stereocenters. The lowest BCUT2D eigenvalue weighted by molar-refractivity contribution is -0.129. The fourth-order valence-electron chi connectivity index (χ4n) is 3.42. The van der Waals surface area contributed by atoms with Crippen molar-refractivity contribution in [1.29, 1.82) is 0 Å². The van der Waals surface area contributed by atoms with E-state index in [1.165, 1.54) is 12.1 Å². The molecule has 0 aliphatic carbocycles. The second-order valence-corrected chi connectivity index (χ2v) is 6.67. The summed E-state index contributed by atoms with van der Waals surface area (Å²) in [5.41, 5.74) is 0. The van der Waals surface area contributed by atoms with Gasteiger partial charge in [0, 0.05) is 39.1 Å². The van der Waals surface area contributed by atoms with Crippen molar-refractivity contribution in [3.8, 4) is 5.75 Å². The number of hydrogen-bond donors (Lipinski definition) is 1. The normalized spacial score (nSPS) is 21.2. The summed E-state index contributed by atoms with van der Waals surface area (Å²) in [6.45, 7) is 3.51. The van der Waals surface area contributed by atoms with Crippen molar-refractivity contribution >= 4 is 5.91 Å². The Morgan fingerprint density at radius 3 is 2.50 bits per heavy atom. The molecule has 24 heavy (non-hydrogen) atoms. The third-order valence-corrected chi connectivity index (χ3v) is 4.72. The maximum atomic E-state index is 12.9. The van der Waals surface area contributed by atoms with E-state index in [1.807, 2.05) is 0 Å². The maximum Gasteiger partial charge on any atom is 0.222 e. The lowest BCUT2D eigenvalue weighted by Crippen LogP contribution is -2.45. The van der Waals surface area contributed by atoms with Crippen LogP contribution in [0.2, 0.25) is 0 Å². The quantitative estimate of drug-likeness (QED) is 0.858. The molecule has 2 aliphatic heterocycles. The number of likely N-dealkylation sites (tertiary alicyclic amines) is 2. The Morgan fingerprint density at radius 1 is 1.17 bits per heavy atom. The van der Waals surface area contributed by atoms with Crippen LogP contribution in [0.4, 0.5) is 4.39 Å². The number of carbonyl (C=O) groups is 1. The summed E-state index contributed by atoms with van der Waals surface area (Å²) in [5.74, 6) is 0.588. The first-order chi connectivity index (χ1) is 11.6. The summed E-state index contributed by atoms with van der Waals surface area (Å²) in [7, 11) is 0. The molecule has 1 unspecified atom stereocenters. The molecule has 1 aromatic carbocycles. The molecule has 0 aromatic heterocycles. The van der Waals surface area contributed by atoms with E-state index in [1.54, 1.807) is 17.0 Å². The maximum absolute atomic E-state index is 12.9. The molecule has 0 bridgehead atoms. The summed E-state index contributed by atoms with van der Waals surface area (Å²) >= 11 is 0. The van der Waals surface area contributed by atoms with Crippen LogP contribution in [0, 0.1) is 5.82 Å². The molecule has 0 spiro atoms. The predicted octanol–water partition coefficient (Wildman–Crippen LogP) is 1.65. The monoisotopic (exact) mass is 336 g/mol. The summed E-state index contributed by atoms with van der Waals surface area (Å²) < 4.78 is 18.8. The third kappa shape index (κ3) is 4.68. The molecule has 2 saturated heterocycles. The standard InChI is InChI=1S/C18H25FN2O3/c19-14-3-5-16(6-4-14)24-17-7-10-20(11-8-17)12-15(22)13-21-9-1-2-18(21)23/h3-6,15,17,22H,1-2,7-13H2. The number of aliphatic hydroxyl groups is 1. The van der Waals surface area contributed by atoms with E-state index < -0.39 is 6.10 Å². The molecule has 1 aromatic rings. The van der Waals surface area contributed by atoms with Gasteiger partial charge in [0.25, 0.3) is 0 Å². The van der Waals surface area contributed by atoms with Crippen LogP contribution in [0.5, 0.6) is 5.75 Å². The zero-order valence-electron chi connectivity index (χ0n) is 13.9. The molecule has 3 rings (SSSR count). The van der Waals surface area contributed by atoms with E-state index >= 15 is 0 Å². The number of carbonyl (C=O) groups excluding carboxylic acids is 1. The van der Waals surface area contributed by atoms with E-state index in [4.69, 9.17) is 4.74 Å². The first-order valence-electron chi connectivity index (χ1n) is 8.70. The minimum absolute atomic E-state index is 0.129. The number of hydrogen-bond acceptors (Lipinski definition) is 4. The molecule has 2 aliphatic rings. The van der Waals surface area contributed by atoms with Crippen molar-refractivity contribution in [2.75, 3.05) is 32.7 Å². The van der Waals surface area contributed by atoms with E-state index in [2.05, 4.69) is 4.90 Å². The lowest BCUT2D eigenvalue weighted by Gasteiger charge is -2.34. The van der Waals surface area contributed by atoms with Crippen LogP contribution in [-0.2, 0) is 4.79 Å². The number of benzene rings is 1. The Bertz CT molecular complexity index is 544. The van der Waals surface area contributed by atoms with Crippen molar-refractivity contribution < 1.29 is 19.0 Å². The molecule has 0 saturated carbocycles. The van der Waals surface area contributed by atoms with Crippen LogP contribution >= 0.6 is 0 Å². The molecular formula is C18H25FN2O3. The predicted molar refractivity (Wildman–Crippen MR) is 88.3 cm³/mol. The Kier molecular flexibility index (Phi) is 5.68. The number of rotatable bonds is 6. The van der Waals surface area contributed by atoms with Crippen molar-refractivity contribution in [1.82, 2.24) is 9.80 Å². The van der Waals surface area contributed by atoms with Gasteiger partial charge in [0.2, 0.25) is 5.91 Å². The van der Waals surface area contributed by atoms with Crippen molar-refractivity contribution in [2.24, 2.45) is 0 Å². The molecule has 0 radical (unpaired) electrons. The fourth-order valence-corrected chi connectivity index (χ4v) is 3.42. The van der Waals surface area contributed by atoms with Crippen LogP contribution in [-0.4, -0.2) is 65.7 Å². The van der Waals surface area contributed by atoms with E-state index in [9.17, 15) is 14.3 Å². The van der Waals surface area contributed by atoms with Gasteiger partial charge < -0.3 is 19.6 Å². The number of nitrogens with zero attached hydrogens (tertiary/aromatic N) is 2. The number of β-amino-alcohol motifs (C(OH)–C–C–N with tert-alkyl or cyclic N) is 1. The van der Waals surface area contributed by atoms with Gasteiger partial charge in [-0.2, -0.15) is 0 Å². The van der Waals surface area contributed by atoms with E-state index in [0.29, 0.717) is 25.3 Å². The topological polar surface area (TPSA) is 53.0 Å². The highest BCUT2D eigenvalue weighted by Gasteiger charge is 2.26. The van der Waals surface area contributed by atoms with Crippen molar-refractivity contribution in [3.63, 3.8) is 0 Å². The average molecular weight is 336 g/mol. The first-order valence-corrected chi connectivity index (χ1v) is 8.70. The van der Waals surface area contributed by atoms with Crippen molar-refractivity contribution in [3.05, 3.63) is 30.1 Å². The highest BCUT2D eigenvalue weighted by molar-refractivity contribution is 5.78. The van der Waals surface area contributed by atoms with Gasteiger partial charge in [0.15, 0.2) is 0 Å². The molecule has 2 heterocycles. The summed E-state index contributed by atoms with van der Waals surface area (Å²) in [6.07, 6.45) is 2.90. The summed E-state index contributed by atoms with van der Waals surface area (Å²) in [4.78, 5) is 15.6. The number of ether oxygens (including phenoxy) is 1. The van der Waals surface area contributed by atoms with Crippen molar-refractivity contribution in [2.45, 2.75) is 37.9 Å². The summed E-state index contributed by atoms with van der Waals surface area (Å²) in [6, 6.07) is 6.11. The SMILES string of the molecule is O=C1CCCN1CC(O)CN1CCC(Oc2ccc(F)cc2)CC1. The van der Waals surface area contributed by atoms with Gasteiger partial charge in [-0.15, -0.1) is 0 Å². The molecule has 6 heteroatoms. The van der Waals surface area contributed by atoms with Crippen LogP contribution in [0.15, 0.2) is 24.3 Å². The second-order valence-electron chi connectivity index (χ2n) is 6.67. The largest absolute Gasteiger partial charge is 0.490 e. The average Bonchev–Trinajstić information content (AvgIpc) is 2.96. The van der Waals surface area contributed by atoms with Gasteiger partial charge in [-0.25, -0.2) is 4.39 Å². The van der Waals surface area contributed by atoms with Crippen LogP contribution in [0.3, 0.4) is 0 Å².